The lowest BCUT2D eigenvalue weighted by Crippen LogP contribution is -2.20. The van der Waals surface area contributed by atoms with Gasteiger partial charge in [0.25, 0.3) is 0 Å². The zero-order chi connectivity index (χ0) is 14.7. The fraction of sp³-hybridized carbons (Fsp3) is 0.250. The Balaban J connectivity index is 1.52. The maximum Gasteiger partial charge on any atom is 0.119 e. The first-order chi connectivity index (χ1) is 10.2. The molecule has 1 saturated heterocycles. The molecule has 1 fully saturated rings. The second kappa shape index (κ2) is 6.93. The van der Waals surface area contributed by atoms with Gasteiger partial charge >= 0.3 is 0 Å². The third-order valence-corrected chi connectivity index (χ3v) is 5.18. The average molecular weight is 340 g/mol. The van der Waals surface area contributed by atoms with E-state index >= 15 is 0 Å². The van der Waals surface area contributed by atoms with Crippen molar-refractivity contribution in [1.82, 2.24) is 5.32 Å². The largest absolute Gasteiger partial charge is 0.492 e. The summed E-state index contributed by atoms with van der Waals surface area (Å²) in [6.07, 6.45) is 0. The zero-order valence-electron chi connectivity index (χ0n) is 11.3. The van der Waals surface area contributed by atoms with Gasteiger partial charge in [-0.15, -0.1) is 11.8 Å². The standard InChI is InChI=1S/C16H15Cl2NOS/c17-12-3-1-11(2-4-12)16-19-9-15(21-16)10-20-14-7-5-13(18)6-8-14/h1-8,15-16,19H,9-10H2. The predicted octanol–water partition coefficient (Wildman–Crippen LogP) is 4.78. The van der Waals surface area contributed by atoms with Crippen LogP contribution in [0.2, 0.25) is 10.0 Å². The van der Waals surface area contributed by atoms with Crippen LogP contribution in [0.15, 0.2) is 48.5 Å². The van der Waals surface area contributed by atoms with Crippen LogP contribution >= 0.6 is 35.0 Å². The molecular formula is C16H15Cl2NOS. The van der Waals surface area contributed by atoms with E-state index in [1.54, 1.807) is 0 Å². The van der Waals surface area contributed by atoms with Crippen LogP contribution in [-0.2, 0) is 0 Å². The smallest absolute Gasteiger partial charge is 0.119 e. The maximum atomic E-state index is 5.92. The minimum absolute atomic E-state index is 0.307. The highest BCUT2D eigenvalue weighted by Gasteiger charge is 2.26. The number of hydrogen-bond donors (Lipinski definition) is 1. The summed E-state index contributed by atoms with van der Waals surface area (Å²) in [5.74, 6) is 0.856. The van der Waals surface area contributed by atoms with Gasteiger partial charge in [0.05, 0.1) is 10.6 Å². The Morgan fingerprint density at radius 1 is 1.00 bits per heavy atom. The molecular weight excluding hydrogens is 325 g/mol. The first-order valence-electron chi connectivity index (χ1n) is 6.73. The molecule has 3 rings (SSSR count). The molecule has 0 saturated carbocycles. The van der Waals surface area contributed by atoms with Gasteiger partial charge in [-0.05, 0) is 42.0 Å². The highest BCUT2D eigenvalue weighted by molar-refractivity contribution is 8.00. The van der Waals surface area contributed by atoms with Crippen molar-refractivity contribution in [2.45, 2.75) is 10.6 Å². The van der Waals surface area contributed by atoms with Crippen LogP contribution in [0.25, 0.3) is 0 Å². The second-order valence-electron chi connectivity index (χ2n) is 4.86. The van der Waals surface area contributed by atoms with Crippen molar-refractivity contribution in [1.29, 1.82) is 0 Å². The van der Waals surface area contributed by atoms with Crippen LogP contribution in [-0.4, -0.2) is 18.4 Å². The van der Waals surface area contributed by atoms with E-state index in [4.69, 9.17) is 27.9 Å². The predicted molar refractivity (Wildman–Crippen MR) is 90.5 cm³/mol. The lowest BCUT2D eigenvalue weighted by molar-refractivity contribution is 0.317. The summed E-state index contributed by atoms with van der Waals surface area (Å²) in [4.78, 5) is 0. The van der Waals surface area contributed by atoms with Gasteiger partial charge in [-0.2, -0.15) is 0 Å². The molecule has 2 aromatic rings. The van der Waals surface area contributed by atoms with E-state index in [1.165, 1.54) is 5.56 Å². The number of ether oxygens (including phenoxy) is 1. The summed E-state index contributed by atoms with van der Waals surface area (Å²) in [5.41, 5.74) is 1.25. The molecule has 2 unspecified atom stereocenters. The molecule has 0 spiro atoms. The minimum Gasteiger partial charge on any atom is -0.492 e. The summed E-state index contributed by atoms with van der Waals surface area (Å²) < 4.78 is 5.81. The van der Waals surface area contributed by atoms with Crippen LogP contribution in [0.3, 0.4) is 0 Å². The highest BCUT2D eigenvalue weighted by Crippen LogP contribution is 2.35. The second-order valence-corrected chi connectivity index (χ2v) is 7.15. The average Bonchev–Trinajstić information content (AvgIpc) is 2.96. The molecule has 2 nitrogen and oxygen atoms in total. The van der Waals surface area contributed by atoms with E-state index in [0.717, 1.165) is 22.3 Å². The number of halogens is 2. The van der Waals surface area contributed by atoms with Crippen molar-refractivity contribution >= 4 is 35.0 Å². The van der Waals surface area contributed by atoms with E-state index in [2.05, 4.69) is 17.4 Å². The van der Waals surface area contributed by atoms with Crippen molar-refractivity contribution in [2.75, 3.05) is 13.2 Å². The molecule has 0 aliphatic carbocycles. The van der Waals surface area contributed by atoms with Gasteiger partial charge in [0, 0.05) is 16.6 Å². The van der Waals surface area contributed by atoms with Crippen molar-refractivity contribution in [3.8, 4) is 5.75 Å². The topological polar surface area (TPSA) is 21.3 Å². The summed E-state index contributed by atoms with van der Waals surface area (Å²) in [7, 11) is 0. The Morgan fingerprint density at radius 2 is 1.62 bits per heavy atom. The zero-order valence-corrected chi connectivity index (χ0v) is 13.6. The van der Waals surface area contributed by atoms with E-state index < -0.39 is 0 Å². The van der Waals surface area contributed by atoms with Gasteiger partial charge in [0.15, 0.2) is 0 Å². The summed E-state index contributed by atoms with van der Waals surface area (Å²) in [5, 5.41) is 5.74. The Morgan fingerprint density at radius 3 is 2.29 bits per heavy atom. The van der Waals surface area contributed by atoms with Gasteiger partial charge in [-0.1, -0.05) is 35.3 Å². The van der Waals surface area contributed by atoms with E-state index in [9.17, 15) is 0 Å². The maximum absolute atomic E-state index is 5.92. The van der Waals surface area contributed by atoms with Gasteiger partial charge < -0.3 is 10.1 Å². The Hall–Kier alpha value is -0.870. The SMILES string of the molecule is Clc1ccc(OCC2CNC(c3ccc(Cl)cc3)S2)cc1. The summed E-state index contributed by atoms with van der Waals surface area (Å²) in [6.45, 7) is 1.62. The van der Waals surface area contributed by atoms with Crippen molar-refractivity contribution in [3.05, 3.63) is 64.1 Å². The number of rotatable bonds is 4. The molecule has 0 radical (unpaired) electrons. The van der Waals surface area contributed by atoms with Crippen LogP contribution in [0.1, 0.15) is 10.9 Å². The lowest BCUT2D eigenvalue weighted by atomic mass is 10.2. The number of thioether (sulfide) groups is 1. The number of nitrogens with one attached hydrogen (secondary N) is 1. The molecule has 5 heteroatoms. The summed E-state index contributed by atoms with van der Waals surface area (Å²) >= 11 is 13.7. The fourth-order valence-corrected chi connectivity index (χ4v) is 3.66. The van der Waals surface area contributed by atoms with Crippen molar-refractivity contribution in [2.24, 2.45) is 0 Å². The van der Waals surface area contributed by atoms with E-state index in [0.29, 0.717) is 17.2 Å². The van der Waals surface area contributed by atoms with Crippen LogP contribution in [0, 0.1) is 0 Å². The molecule has 0 amide bonds. The monoisotopic (exact) mass is 339 g/mol. The van der Waals surface area contributed by atoms with Crippen LogP contribution < -0.4 is 10.1 Å². The molecule has 110 valence electrons. The fourth-order valence-electron chi connectivity index (χ4n) is 2.18. The van der Waals surface area contributed by atoms with Crippen molar-refractivity contribution in [3.63, 3.8) is 0 Å². The molecule has 2 atom stereocenters. The third kappa shape index (κ3) is 4.07. The highest BCUT2D eigenvalue weighted by atomic mass is 35.5. The normalized spacial score (nSPS) is 21.4. The number of hydrogen-bond acceptors (Lipinski definition) is 3. The van der Waals surface area contributed by atoms with Gasteiger partial charge in [-0.25, -0.2) is 0 Å². The van der Waals surface area contributed by atoms with Gasteiger partial charge in [-0.3, -0.25) is 0 Å². The molecule has 0 aromatic heterocycles. The lowest BCUT2D eigenvalue weighted by Gasteiger charge is -2.12. The van der Waals surface area contributed by atoms with E-state index in [-0.39, 0.29) is 0 Å². The molecule has 1 aliphatic rings. The van der Waals surface area contributed by atoms with Crippen molar-refractivity contribution < 1.29 is 4.74 Å². The van der Waals surface area contributed by atoms with Gasteiger partial charge in [0.2, 0.25) is 0 Å². The minimum atomic E-state index is 0.307. The molecule has 1 heterocycles. The number of benzene rings is 2. The molecule has 1 N–H and O–H groups in total. The summed E-state index contributed by atoms with van der Waals surface area (Å²) in [6, 6.07) is 15.5. The first kappa shape index (κ1) is 15.0. The molecule has 1 aliphatic heterocycles. The molecule has 2 aromatic carbocycles. The first-order valence-corrected chi connectivity index (χ1v) is 8.43. The molecule has 0 bridgehead atoms. The van der Waals surface area contributed by atoms with E-state index in [1.807, 2.05) is 48.2 Å². The Bertz CT molecular complexity index is 588. The molecule has 21 heavy (non-hydrogen) atoms. The Labute approximate surface area is 138 Å². The quantitative estimate of drug-likeness (QED) is 0.866. The Kier molecular flexibility index (Phi) is 4.96. The third-order valence-electron chi connectivity index (χ3n) is 3.28. The van der Waals surface area contributed by atoms with Crippen LogP contribution in [0.4, 0.5) is 0 Å². The van der Waals surface area contributed by atoms with Crippen LogP contribution in [0.5, 0.6) is 5.75 Å². The van der Waals surface area contributed by atoms with Gasteiger partial charge in [0.1, 0.15) is 12.4 Å².